The predicted molar refractivity (Wildman–Crippen MR) is 97.1 cm³/mol. The van der Waals surface area contributed by atoms with E-state index >= 15 is 0 Å². The summed E-state index contributed by atoms with van der Waals surface area (Å²) >= 11 is 0. The van der Waals surface area contributed by atoms with E-state index in [1.54, 1.807) is 0 Å². The zero-order valence-corrected chi connectivity index (χ0v) is 14.9. The molecule has 0 saturated carbocycles. The number of hydrogen-bond acceptors (Lipinski definition) is 3. The van der Waals surface area contributed by atoms with Gasteiger partial charge in [-0.05, 0) is 18.6 Å². The highest BCUT2D eigenvalue weighted by molar-refractivity contribution is 6.13. The van der Waals surface area contributed by atoms with Gasteiger partial charge in [0, 0.05) is 5.56 Å². The monoisotopic (exact) mass is 362 g/mol. The molecule has 3 aliphatic rings. The molecule has 3 amide bonds. The van der Waals surface area contributed by atoms with Crippen LogP contribution >= 0.6 is 0 Å². The number of carbonyl (C=O) groups excluding carboxylic acids is 3. The number of rotatable bonds is 2. The van der Waals surface area contributed by atoms with E-state index in [0.29, 0.717) is 0 Å². The standard InChI is InChI=1S/C21H19N3O3/c1-12-16-17(19(26)24(18(16)25)11-13-7-3-2-4-8-13)21(23-12)14-9-5-6-10-15(14)22-20(21)27/h2-10,12,16-17,23H,11H2,1H3,(H,22,27)/p+1/t12-,16-,17+,21+/m1/s1. The van der Waals surface area contributed by atoms with E-state index in [-0.39, 0.29) is 30.3 Å². The lowest BCUT2D eigenvalue weighted by atomic mass is 9.76. The van der Waals surface area contributed by atoms with Crippen molar-refractivity contribution in [3.63, 3.8) is 0 Å². The summed E-state index contributed by atoms with van der Waals surface area (Å²) in [6.45, 7) is 2.18. The number of nitrogens with one attached hydrogen (secondary N) is 1. The Kier molecular flexibility index (Phi) is 3.30. The van der Waals surface area contributed by atoms with Crippen LogP contribution in [0.1, 0.15) is 18.1 Å². The van der Waals surface area contributed by atoms with E-state index in [4.69, 9.17) is 0 Å². The number of imide groups is 1. The molecule has 27 heavy (non-hydrogen) atoms. The zero-order chi connectivity index (χ0) is 18.8. The summed E-state index contributed by atoms with van der Waals surface area (Å²) in [5, 5.41) is 4.83. The second-order valence-electron chi connectivity index (χ2n) is 7.65. The minimum Gasteiger partial charge on any atom is -0.326 e. The van der Waals surface area contributed by atoms with Crippen molar-refractivity contribution >= 4 is 23.4 Å². The molecule has 2 saturated heterocycles. The minimum absolute atomic E-state index is 0.149. The van der Waals surface area contributed by atoms with Gasteiger partial charge in [0.05, 0.1) is 18.3 Å². The topological polar surface area (TPSA) is 83.1 Å². The molecule has 4 atom stereocenters. The van der Waals surface area contributed by atoms with Crippen LogP contribution in [-0.2, 0) is 26.5 Å². The lowest BCUT2D eigenvalue weighted by molar-refractivity contribution is -0.730. The van der Waals surface area contributed by atoms with Crippen LogP contribution in [-0.4, -0.2) is 28.7 Å². The number of nitrogens with zero attached hydrogens (tertiary/aromatic N) is 1. The SMILES string of the molecule is C[C@H]1[NH2+][C@]2(C(=O)Nc3ccccc32)[C@@H]2C(=O)N(Cc3ccccc3)C(=O)[C@@H]21. The first-order valence-corrected chi connectivity index (χ1v) is 9.20. The summed E-state index contributed by atoms with van der Waals surface area (Å²) < 4.78 is 0. The number of amides is 3. The highest BCUT2D eigenvalue weighted by Gasteiger charge is 2.73. The highest BCUT2D eigenvalue weighted by Crippen LogP contribution is 2.48. The van der Waals surface area contributed by atoms with Gasteiger partial charge < -0.3 is 10.6 Å². The van der Waals surface area contributed by atoms with Gasteiger partial charge in [0.2, 0.25) is 17.4 Å². The number of para-hydroxylation sites is 1. The Morgan fingerprint density at radius 3 is 2.48 bits per heavy atom. The maximum Gasteiger partial charge on any atom is 0.291 e. The molecular formula is C21H20N3O3+. The Balaban J connectivity index is 1.59. The molecule has 0 bridgehead atoms. The third-order valence-corrected chi connectivity index (χ3v) is 6.21. The summed E-state index contributed by atoms with van der Waals surface area (Å²) in [5.41, 5.74) is 1.38. The van der Waals surface area contributed by atoms with Crippen LogP contribution in [0.15, 0.2) is 54.6 Å². The van der Waals surface area contributed by atoms with Crippen molar-refractivity contribution in [1.29, 1.82) is 0 Å². The van der Waals surface area contributed by atoms with Crippen molar-refractivity contribution in [2.24, 2.45) is 11.8 Å². The number of carbonyl (C=O) groups is 3. The summed E-state index contributed by atoms with van der Waals surface area (Å²) in [6, 6.07) is 16.8. The minimum atomic E-state index is -1.06. The molecule has 0 unspecified atom stereocenters. The van der Waals surface area contributed by atoms with Gasteiger partial charge in [0.25, 0.3) is 5.91 Å². The molecule has 3 N–H and O–H groups in total. The normalized spacial score (nSPS) is 31.4. The first-order chi connectivity index (χ1) is 13.0. The zero-order valence-electron chi connectivity index (χ0n) is 14.9. The largest absolute Gasteiger partial charge is 0.326 e. The fourth-order valence-corrected chi connectivity index (χ4v) is 5.08. The summed E-state index contributed by atoms with van der Waals surface area (Å²) in [4.78, 5) is 40.9. The molecule has 2 fully saturated rings. The van der Waals surface area contributed by atoms with Gasteiger partial charge in [-0.2, -0.15) is 0 Å². The van der Waals surface area contributed by atoms with Gasteiger partial charge >= 0.3 is 0 Å². The fourth-order valence-electron chi connectivity index (χ4n) is 5.08. The van der Waals surface area contributed by atoms with Crippen molar-refractivity contribution in [2.45, 2.75) is 25.0 Å². The Labute approximate surface area is 156 Å². The van der Waals surface area contributed by atoms with Gasteiger partial charge in [-0.25, -0.2) is 0 Å². The molecule has 1 spiro atoms. The van der Waals surface area contributed by atoms with Crippen molar-refractivity contribution in [3.05, 3.63) is 65.7 Å². The quantitative estimate of drug-likeness (QED) is 0.768. The average Bonchev–Trinajstić information content (AvgIpc) is 3.23. The van der Waals surface area contributed by atoms with E-state index in [1.807, 2.05) is 66.8 Å². The number of fused-ring (bicyclic) bond motifs is 4. The van der Waals surface area contributed by atoms with Crippen molar-refractivity contribution in [1.82, 2.24) is 4.90 Å². The molecule has 136 valence electrons. The molecule has 2 aromatic rings. The first-order valence-electron chi connectivity index (χ1n) is 9.20. The van der Waals surface area contributed by atoms with Crippen LogP contribution in [0.2, 0.25) is 0 Å². The summed E-state index contributed by atoms with van der Waals surface area (Å²) in [5.74, 6) is -1.79. The number of anilines is 1. The fraction of sp³-hybridized carbons (Fsp3) is 0.286. The maximum absolute atomic E-state index is 13.4. The predicted octanol–water partition coefficient (Wildman–Crippen LogP) is 0.601. The van der Waals surface area contributed by atoms with E-state index in [0.717, 1.165) is 16.8 Å². The van der Waals surface area contributed by atoms with E-state index in [2.05, 4.69) is 5.32 Å². The molecule has 6 nitrogen and oxygen atoms in total. The Bertz CT molecular complexity index is 974. The smallest absolute Gasteiger partial charge is 0.291 e. The first kappa shape index (κ1) is 16.2. The lowest BCUT2D eigenvalue weighted by Gasteiger charge is -2.25. The summed E-state index contributed by atoms with van der Waals surface area (Å²) in [6.07, 6.45) is 0. The summed E-state index contributed by atoms with van der Waals surface area (Å²) in [7, 11) is 0. The van der Waals surface area contributed by atoms with Crippen molar-refractivity contribution in [3.8, 4) is 0 Å². The van der Waals surface area contributed by atoms with Crippen molar-refractivity contribution in [2.75, 3.05) is 5.32 Å². The number of hydrogen-bond donors (Lipinski definition) is 2. The second kappa shape index (κ2) is 5.50. The van der Waals surface area contributed by atoms with E-state index in [1.165, 1.54) is 4.90 Å². The van der Waals surface area contributed by atoms with Crippen LogP contribution in [0.5, 0.6) is 0 Å². The van der Waals surface area contributed by atoms with Crippen LogP contribution in [0.4, 0.5) is 5.69 Å². The Morgan fingerprint density at radius 2 is 1.70 bits per heavy atom. The third kappa shape index (κ3) is 2.01. The highest BCUT2D eigenvalue weighted by atomic mass is 16.2. The average molecular weight is 362 g/mol. The Hall–Kier alpha value is -2.99. The van der Waals surface area contributed by atoms with Gasteiger partial charge in [0.1, 0.15) is 11.8 Å². The molecule has 0 aliphatic carbocycles. The van der Waals surface area contributed by atoms with Gasteiger partial charge in [-0.1, -0.05) is 48.5 Å². The van der Waals surface area contributed by atoms with Gasteiger partial charge in [0.15, 0.2) is 0 Å². The number of nitrogens with two attached hydrogens (primary N) is 1. The van der Waals surface area contributed by atoms with Gasteiger partial charge in [-0.15, -0.1) is 0 Å². The number of likely N-dealkylation sites (tertiary alicyclic amines) is 1. The number of quaternary nitrogens is 1. The molecule has 2 aromatic carbocycles. The van der Waals surface area contributed by atoms with E-state index < -0.39 is 17.4 Å². The van der Waals surface area contributed by atoms with Crippen LogP contribution in [0, 0.1) is 11.8 Å². The molecule has 0 radical (unpaired) electrons. The lowest BCUT2D eigenvalue weighted by Crippen LogP contribution is -2.98. The molecule has 3 heterocycles. The molecule has 5 rings (SSSR count). The van der Waals surface area contributed by atoms with Crippen LogP contribution < -0.4 is 10.6 Å². The molecule has 0 aromatic heterocycles. The molecule has 3 aliphatic heterocycles. The van der Waals surface area contributed by atoms with Gasteiger partial charge in [-0.3, -0.25) is 19.3 Å². The second-order valence-corrected chi connectivity index (χ2v) is 7.65. The third-order valence-electron chi connectivity index (χ3n) is 6.21. The Morgan fingerprint density at radius 1 is 1.00 bits per heavy atom. The van der Waals surface area contributed by atoms with Crippen LogP contribution in [0.25, 0.3) is 0 Å². The number of benzene rings is 2. The van der Waals surface area contributed by atoms with E-state index in [9.17, 15) is 14.4 Å². The van der Waals surface area contributed by atoms with Crippen LogP contribution in [0.3, 0.4) is 0 Å². The molecule has 6 heteroatoms. The maximum atomic E-state index is 13.4. The molecular weight excluding hydrogens is 342 g/mol. The van der Waals surface area contributed by atoms with Crippen molar-refractivity contribution < 1.29 is 19.7 Å².